The van der Waals surface area contributed by atoms with Crippen molar-refractivity contribution in [2.75, 3.05) is 4.90 Å². The van der Waals surface area contributed by atoms with E-state index in [1.54, 1.807) is 0 Å². The lowest BCUT2D eigenvalue weighted by molar-refractivity contribution is 0.986. The third kappa shape index (κ3) is 5.50. The van der Waals surface area contributed by atoms with Crippen LogP contribution in [0, 0.1) is 0 Å². The minimum atomic E-state index is 1.13. The lowest BCUT2D eigenvalue weighted by atomic mass is 9.92. The molecule has 1 aliphatic rings. The van der Waals surface area contributed by atoms with E-state index in [9.17, 15) is 0 Å². The molecule has 0 saturated carbocycles. The molecule has 0 unspecified atom stereocenters. The Balaban J connectivity index is 1.02. The van der Waals surface area contributed by atoms with Crippen molar-refractivity contribution in [3.8, 4) is 33.4 Å². The van der Waals surface area contributed by atoms with Crippen LogP contribution in [-0.2, 0) is 6.42 Å². The number of aryl methyl sites for hydroxylation is 1. The first-order valence-electron chi connectivity index (χ1n) is 17.1. The van der Waals surface area contributed by atoms with Gasteiger partial charge in [0.25, 0.3) is 0 Å². The maximum absolute atomic E-state index is 2.33. The second-order valence-corrected chi connectivity index (χ2v) is 12.9. The Morgan fingerprint density at radius 2 is 0.918 bits per heavy atom. The van der Waals surface area contributed by atoms with Crippen LogP contribution in [0.4, 0.5) is 17.1 Å². The van der Waals surface area contributed by atoms with Crippen molar-refractivity contribution in [2.45, 2.75) is 12.8 Å². The monoisotopic (exact) mass is 625 g/mol. The van der Waals surface area contributed by atoms with E-state index in [0.717, 1.165) is 29.9 Å². The molecule has 0 N–H and O–H groups in total. The van der Waals surface area contributed by atoms with E-state index in [2.05, 4.69) is 193 Å². The van der Waals surface area contributed by atoms with Crippen molar-refractivity contribution in [2.24, 2.45) is 0 Å². The summed E-state index contributed by atoms with van der Waals surface area (Å²) in [4.78, 5) is 2.33. The summed E-state index contributed by atoms with van der Waals surface area (Å²) in [6, 6.07) is 64.2. The molecule has 8 aromatic rings. The van der Waals surface area contributed by atoms with E-state index >= 15 is 0 Å². The minimum absolute atomic E-state index is 1.13. The summed E-state index contributed by atoms with van der Waals surface area (Å²) >= 11 is 0. The van der Waals surface area contributed by atoms with Crippen LogP contribution < -0.4 is 4.90 Å². The van der Waals surface area contributed by atoms with Gasteiger partial charge in [0.1, 0.15) is 0 Å². The maximum Gasteiger partial charge on any atom is 0.0462 e. The van der Waals surface area contributed by atoms with Crippen molar-refractivity contribution < 1.29 is 0 Å². The summed E-state index contributed by atoms with van der Waals surface area (Å²) in [6.45, 7) is 0. The van der Waals surface area contributed by atoms with Gasteiger partial charge in [-0.1, -0.05) is 140 Å². The van der Waals surface area contributed by atoms with Crippen LogP contribution in [0.3, 0.4) is 0 Å². The smallest absolute Gasteiger partial charge is 0.0462 e. The molecule has 0 heterocycles. The molecule has 232 valence electrons. The molecule has 1 aliphatic carbocycles. The Morgan fingerprint density at radius 1 is 0.388 bits per heavy atom. The van der Waals surface area contributed by atoms with Gasteiger partial charge in [-0.05, 0) is 127 Å². The average Bonchev–Trinajstić information content (AvgIpc) is 3.18. The fraction of sp³-hybridized carbons (Fsp3) is 0.0417. The molecular weight excluding hydrogens is 591 g/mol. The summed E-state index contributed by atoms with van der Waals surface area (Å²) < 4.78 is 0. The Morgan fingerprint density at radius 3 is 1.63 bits per heavy atom. The molecule has 9 rings (SSSR count). The highest BCUT2D eigenvalue weighted by atomic mass is 15.1. The van der Waals surface area contributed by atoms with Gasteiger partial charge >= 0.3 is 0 Å². The fourth-order valence-electron chi connectivity index (χ4n) is 7.37. The third-order valence-corrected chi connectivity index (χ3v) is 9.92. The number of hydrogen-bond acceptors (Lipinski definition) is 1. The zero-order valence-electron chi connectivity index (χ0n) is 27.3. The summed E-state index contributed by atoms with van der Waals surface area (Å²) in [5, 5.41) is 5.15. The molecule has 0 atom stereocenters. The molecule has 0 spiro atoms. The quantitative estimate of drug-likeness (QED) is 0.166. The van der Waals surface area contributed by atoms with Crippen molar-refractivity contribution >= 4 is 44.7 Å². The van der Waals surface area contributed by atoms with Crippen molar-refractivity contribution in [1.29, 1.82) is 0 Å². The highest BCUT2D eigenvalue weighted by Crippen LogP contribution is 2.38. The van der Waals surface area contributed by atoms with E-state index in [-0.39, 0.29) is 0 Å². The largest absolute Gasteiger partial charge is 0.311 e. The second kappa shape index (κ2) is 12.4. The number of fused-ring (bicyclic) bond motifs is 4. The van der Waals surface area contributed by atoms with Crippen LogP contribution in [0.2, 0.25) is 0 Å². The first-order valence-corrected chi connectivity index (χ1v) is 17.1. The fourth-order valence-corrected chi connectivity index (χ4v) is 7.37. The van der Waals surface area contributed by atoms with Crippen molar-refractivity contribution in [3.63, 3.8) is 0 Å². The van der Waals surface area contributed by atoms with Crippen LogP contribution in [0.15, 0.2) is 182 Å². The Bertz CT molecular complexity index is 2450. The average molecular weight is 626 g/mol. The number of benzene rings is 8. The van der Waals surface area contributed by atoms with Gasteiger partial charge in [-0.25, -0.2) is 0 Å². The summed E-state index contributed by atoms with van der Waals surface area (Å²) in [6.07, 6.45) is 6.80. The second-order valence-electron chi connectivity index (χ2n) is 12.9. The van der Waals surface area contributed by atoms with Crippen LogP contribution in [0.5, 0.6) is 0 Å². The van der Waals surface area contributed by atoms with Gasteiger partial charge in [-0.3, -0.25) is 0 Å². The van der Waals surface area contributed by atoms with Crippen LogP contribution >= 0.6 is 0 Å². The highest BCUT2D eigenvalue weighted by molar-refractivity contribution is 6.13. The molecule has 1 heteroatoms. The van der Waals surface area contributed by atoms with Gasteiger partial charge in [0, 0.05) is 17.1 Å². The Hall–Kier alpha value is -6.18. The number of para-hydroxylation sites is 1. The molecule has 0 amide bonds. The lowest BCUT2D eigenvalue weighted by Gasteiger charge is -2.26. The standard InChI is InChI=1S/C48H35N/c1-2-13-42(14-3-1)49(44-30-26-37(27-31-44)40-23-20-34-10-4-5-11-39(34)32-40)43-28-24-36(25-29-43)35-18-21-38(22-19-35)48-33-41-12-6-7-15-45(41)46-16-8-9-17-47(46)48/h1-3,5-9,11-33H,4,10H2. The Kier molecular flexibility index (Phi) is 7.37. The van der Waals surface area contributed by atoms with Crippen LogP contribution in [-0.4, -0.2) is 0 Å². The summed E-state index contributed by atoms with van der Waals surface area (Å²) in [5.74, 6) is 0. The van der Waals surface area contributed by atoms with E-state index in [4.69, 9.17) is 0 Å². The van der Waals surface area contributed by atoms with Gasteiger partial charge in [0.15, 0.2) is 0 Å². The Labute approximate surface area is 288 Å². The normalized spacial score (nSPS) is 12.2. The number of anilines is 3. The molecule has 49 heavy (non-hydrogen) atoms. The van der Waals surface area contributed by atoms with Gasteiger partial charge < -0.3 is 4.90 Å². The molecule has 0 aromatic heterocycles. The first-order chi connectivity index (χ1) is 24.3. The molecule has 0 saturated heterocycles. The lowest BCUT2D eigenvalue weighted by Crippen LogP contribution is -2.09. The summed E-state index contributed by atoms with van der Waals surface area (Å²) in [7, 11) is 0. The van der Waals surface area contributed by atoms with Crippen LogP contribution in [0.25, 0.3) is 61.0 Å². The SMILES string of the molecule is C1=Cc2cc(-c3ccc(N(c4ccccc4)c4ccc(-c5ccc(-c6cc7ccccc7c7ccccc67)cc5)cc4)cc3)ccc2CC1. The zero-order chi connectivity index (χ0) is 32.6. The highest BCUT2D eigenvalue weighted by Gasteiger charge is 2.14. The predicted molar refractivity (Wildman–Crippen MR) is 210 cm³/mol. The number of allylic oxidation sites excluding steroid dienone is 1. The van der Waals surface area contributed by atoms with E-state index in [0.29, 0.717) is 0 Å². The van der Waals surface area contributed by atoms with E-state index < -0.39 is 0 Å². The summed E-state index contributed by atoms with van der Waals surface area (Å²) in [5.41, 5.74) is 13.6. The molecular formula is C48H35N. The minimum Gasteiger partial charge on any atom is -0.311 e. The first kappa shape index (κ1) is 29.0. The number of hydrogen-bond donors (Lipinski definition) is 0. The topological polar surface area (TPSA) is 3.24 Å². The van der Waals surface area contributed by atoms with E-state index in [1.807, 2.05) is 0 Å². The number of rotatable bonds is 6. The third-order valence-electron chi connectivity index (χ3n) is 9.92. The number of nitrogens with zero attached hydrogens (tertiary/aromatic N) is 1. The van der Waals surface area contributed by atoms with Gasteiger partial charge in [0.2, 0.25) is 0 Å². The van der Waals surface area contributed by atoms with Crippen molar-refractivity contribution in [1.82, 2.24) is 0 Å². The molecule has 8 aromatic carbocycles. The molecule has 0 bridgehead atoms. The molecule has 1 nitrogen and oxygen atoms in total. The van der Waals surface area contributed by atoms with E-state index in [1.165, 1.54) is 66.1 Å². The molecule has 0 fully saturated rings. The van der Waals surface area contributed by atoms with Gasteiger partial charge in [0.05, 0.1) is 0 Å². The van der Waals surface area contributed by atoms with Gasteiger partial charge in [-0.2, -0.15) is 0 Å². The zero-order valence-corrected chi connectivity index (χ0v) is 27.3. The predicted octanol–water partition coefficient (Wildman–Crippen LogP) is 13.4. The maximum atomic E-state index is 2.33. The molecule has 0 radical (unpaired) electrons. The van der Waals surface area contributed by atoms with Crippen molar-refractivity contribution in [3.05, 3.63) is 193 Å². The van der Waals surface area contributed by atoms with Crippen LogP contribution in [0.1, 0.15) is 17.5 Å². The molecule has 0 aliphatic heterocycles. The van der Waals surface area contributed by atoms with Gasteiger partial charge in [-0.15, -0.1) is 0 Å².